The first-order chi connectivity index (χ1) is 15.2. The molecule has 5 nitrogen and oxygen atoms in total. The lowest BCUT2D eigenvalue weighted by molar-refractivity contribution is 0.0518. The van der Waals surface area contributed by atoms with Crippen LogP contribution in [0.15, 0.2) is 71.2 Å². The van der Waals surface area contributed by atoms with Crippen LogP contribution in [0.2, 0.25) is 0 Å². The number of thiazole rings is 1. The molecule has 0 radical (unpaired) electrons. The number of aromatic nitrogens is 2. The predicted octanol–water partition coefficient (Wildman–Crippen LogP) is 5.95. The lowest BCUT2D eigenvalue weighted by Gasteiger charge is -2.21. The molecule has 0 saturated heterocycles. The second kappa shape index (κ2) is 9.94. The van der Waals surface area contributed by atoms with Crippen molar-refractivity contribution in [3.8, 4) is 5.75 Å². The maximum Gasteiger partial charge on any atom is 0.343 e. The topological polar surface area (TPSA) is 61.3 Å². The van der Waals surface area contributed by atoms with Crippen molar-refractivity contribution in [1.82, 2.24) is 9.97 Å². The number of esters is 1. The van der Waals surface area contributed by atoms with Gasteiger partial charge in [0.05, 0.1) is 6.61 Å². The van der Waals surface area contributed by atoms with Crippen molar-refractivity contribution < 1.29 is 14.3 Å². The summed E-state index contributed by atoms with van der Waals surface area (Å²) >= 11 is 3.02. The van der Waals surface area contributed by atoms with Crippen molar-refractivity contribution in [3.63, 3.8) is 0 Å². The molecule has 0 N–H and O–H groups in total. The van der Waals surface area contributed by atoms with Crippen LogP contribution in [0.3, 0.4) is 0 Å². The van der Waals surface area contributed by atoms with Gasteiger partial charge in [0, 0.05) is 12.6 Å². The fourth-order valence-corrected chi connectivity index (χ4v) is 4.66. The third kappa shape index (κ3) is 4.89. The Morgan fingerprint density at radius 3 is 2.48 bits per heavy atom. The van der Waals surface area contributed by atoms with Crippen molar-refractivity contribution >= 4 is 39.4 Å². The highest BCUT2D eigenvalue weighted by Gasteiger charge is 2.25. The zero-order valence-electron chi connectivity index (χ0n) is 17.3. The van der Waals surface area contributed by atoms with Crippen LogP contribution in [0.25, 0.3) is 10.3 Å². The summed E-state index contributed by atoms with van der Waals surface area (Å²) < 4.78 is 12.7. The molecule has 7 heteroatoms. The summed E-state index contributed by atoms with van der Waals surface area (Å²) in [4.78, 5) is 22.5. The molecule has 2 aromatic carbocycles. The fourth-order valence-electron chi connectivity index (χ4n) is 3.26. The summed E-state index contributed by atoms with van der Waals surface area (Å²) in [7, 11) is 0. The maximum atomic E-state index is 12.7. The molecule has 4 rings (SSSR count). The number of ether oxygens (including phenoxy) is 2. The first-order valence-corrected chi connectivity index (χ1v) is 12.0. The van der Waals surface area contributed by atoms with Gasteiger partial charge in [0.2, 0.25) is 0 Å². The average molecular weight is 451 g/mol. The minimum atomic E-state index is -0.461. The van der Waals surface area contributed by atoms with E-state index in [9.17, 15) is 4.79 Å². The molecule has 1 atom stereocenters. The summed E-state index contributed by atoms with van der Waals surface area (Å²) in [5.41, 5.74) is 3.05. The van der Waals surface area contributed by atoms with E-state index in [0.29, 0.717) is 23.3 Å². The molecule has 158 valence electrons. The molecule has 0 aliphatic heterocycles. The Labute approximate surface area is 189 Å². The van der Waals surface area contributed by atoms with Gasteiger partial charge in [-0.2, -0.15) is 0 Å². The standard InChI is InChI=1S/C24H22N2O3S2/c1-3-28-23(27)18-15-25-22-20(26-24(30-2)31-22)21(18)29-19(17-12-8-5-9-13-17)14-16-10-6-4-7-11-16/h4-13,15,19H,3,14H2,1-2H3. The summed E-state index contributed by atoms with van der Waals surface area (Å²) in [6, 6.07) is 20.2. The number of thioether (sulfide) groups is 1. The minimum Gasteiger partial charge on any atom is -0.482 e. The quantitative estimate of drug-likeness (QED) is 0.244. The van der Waals surface area contributed by atoms with Gasteiger partial charge in [0.1, 0.15) is 22.0 Å². The molecule has 31 heavy (non-hydrogen) atoms. The first-order valence-electron chi connectivity index (χ1n) is 9.95. The van der Waals surface area contributed by atoms with Crippen LogP contribution >= 0.6 is 23.1 Å². The van der Waals surface area contributed by atoms with Crippen LogP contribution in [0, 0.1) is 0 Å². The molecule has 0 spiro atoms. The van der Waals surface area contributed by atoms with Crippen LogP contribution in [0.5, 0.6) is 5.75 Å². The van der Waals surface area contributed by atoms with Crippen molar-refractivity contribution in [2.45, 2.75) is 23.8 Å². The van der Waals surface area contributed by atoms with E-state index in [4.69, 9.17) is 9.47 Å². The van der Waals surface area contributed by atoms with Crippen LogP contribution in [-0.4, -0.2) is 28.8 Å². The van der Waals surface area contributed by atoms with E-state index in [1.54, 1.807) is 18.7 Å². The molecule has 0 saturated carbocycles. The average Bonchev–Trinajstić information content (AvgIpc) is 3.24. The Morgan fingerprint density at radius 1 is 1.10 bits per heavy atom. The molecule has 1 unspecified atom stereocenters. The number of fused-ring (bicyclic) bond motifs is 1. The van der Waals surface area contributed by atoms with Gasteiger partial charge in [-0.3, -0.25) is 0 Å². The largest absolute Gasteiger partial charge is 0.482 e. The van der Waals surface area contributed by atoms with Gasteiger partial charge in [-0.25, -0.2) is 14.8 Å². The van der Waals surface area contributed by atoms with E-state index in [0.717, 1.165) is 20.3 Å². The smallest absolute Gasteiger partial charge is 0.343 e. The highest BCUT2D eigenvalue weighted by atomic mass is 32.2. The van der Waals surface area contributed by atoms with Crippen molar-refractivity contribution in [2.75, 3.05) is 12.9 Å². The Kier molecular flexibility index (Phi) is 6.84. The highest BCUT2D eigenvalue weighted by molar-refractivity contribution is 8.00. The Balaban J connectivity index is 1.80. The normalized spacial score (nSPS) is 11.9. The number of pyridine rings is 1. The molecule has 0 aliphatic carbocycles. The molecule has 0 fully saturated rings. The van der Waals surface area contributed by atoms with Crippen LogP contribution in [-0.2, 0) is 11.2 Å². The highest BCUT2D eigenvalue weighted by Crippen LogP contribution is 2.37. The van der Waals surface area contributed by atoms with E-state index in [2.05, 4.69) is 22.1 Å². The van der Waals surface area contributed by atoms with Crippen LogP contribution < -0.4 is 4.74 Å². The van der Waals surface area contributed by atoms with Crippen molar-refractivity contribution in [3.05, 3.63) is 83.6 Å². The Hall–Kier alpha value is -2.90. The summed E-state index contributed by atoms with van der Waals surface area (Å²) in [5.74, 6) is -0.0399. The van der Waals surface area contributed by atoms with E-state index in [1.165, 1.54) is 17.5 Å². The summed E-state index contributed by atoms with van der Waals surface area (Å²) in [6.07, 6.45) is 3.84. The third-order valence-corrected chi connectivity index (χ3v) is 6.67. The zero-order valence-corrected chi connectivity index (χ0v) is 18.9. The Morgan fingerprint density at radius 2 is 1.81 bits per heavy atom. The van der Waals surface area contributed by atoms with E-state index >= 15 is 0 Å². The molecular formula is C24H22N2O3S2. The monoisotopic (exact) mass is 450 g/mol. The number of benzene rings is 2. The summed E-state index contributed by atoms with van der Waals surface area (Å²) in [6.45, 7) is 2.05. The van der Waals surface area contributed by atoms with Gasteiger partial charge in [0.25, 0.3) is 0 Å². The van der Waals surface area contributed by atoms with Gasteiger partial charge < -0.3 is 9.47 Å². The summed E-state index contributed by atoms with van der Waals surface area (Å²) in [5, 5.41) is 0. The van der Waals surface area contributed by atoms with E-state index in [-0.39, 0.29) is 12.7 Å². The predicted molar refractivity (Wildman–Crippen MR) is 125 cm³/mol. The SMILES string of the molecule is CCOC(=O)c1cnc2sc(SC)nc2c1OC(Cc1ccccc1)c1ccccc1. The lowest BCUT2D eigenvalue weighted by atomic mass is 10.0. The Bertz CT molecular complexity index is 1160. The first kappa shape index (κ1) is 21.3. The van der Waals surface area contributed by atoms with Crippen molar-refractivity contribution in [1.29, 1.82) is 0 Å². The molecule has 0 aliphatic rings. The molecule has 4 aromatic rings. The number of hydrogen-bond acceptors (Lipinski definition) is 7. The van der Waals surface area contributed by atoms with Gasteiger partial charge >= 0.3 is 5.97 Å². The van der Waals surface area contributed by atoms with Crippen molar-refractivity contribution in [2.24, 2.45) is 0 Å². The lowest BCUT2D eigenvalue weighted by Crippen LogP contribution is -2.15. The molecule has 2 heterocycles. The minimum absolute atomic E-state index is 0.273. The zero-order chi connectivity index (χ0) is 21.6. The van der Waals surface area contributed by atoms with Crippen LogP contribution in [0.4, 0.5) is 0 Å². The van der Waals surface area contributed by atoms with Gasteiger partial charge in [-0.1, -0.05) is 83.8 Å². The van der Waals surface area contributed by atoms with Gasteiger partial charge in [-0.15, -0.1) is 0 Å². The number of nitrogens with zero attached hydrogens (tertiary/aromatic N) is 2. The molecule has 2 aromatic heterocycles. The number of hydrogen-bond donors (Lipinski definition) is 0. The maximum absolute atomic E-state index is 12.7. The number of rotatable bonds is 8. The fraction of sp³-hybridized carbons (Fsp3) is 0.208. The molecular weight excluding hydrogens is 428 g/mol. The second-order valence-electron chi connectivity index (χ2n) is 6.77. The number of carbonyl (C=O) groups excluding carboxylic acids is 1. The third-order valence-electron chi connectivity index (χ3n) is 4.73. The molecule has 0 amide bonds. The van der Waals surface area contributed by atoms with E-state index in [1.807, 2.05) is 54.8 Å². The van der Waals surface area contributed by atoms with Gasteiger partial charge in [0.15, 0.2) is 10.1 Å². The number of carbonyl (C=O) groups is 1. The van der Waals surface area contributed by atoms with Gasteiger partial charge in [-0.05, 0) is 24.3 Å². The van der Waals surface area contributed by atoms with E-state index < -0.39 is 5.97 Å². The molecule has 0 bridgehead atoms. The van der Waals surface area contributed by atoms with Crippen LogP contribution in [0.1, 0.15) is 34.5 Å². The second-order valence-corrected chi connectivity index (χ2v) is 8.80.